The zero-order valence-electron chi connectivity index (χ0n) is 8.00. The lowest BCUT2D eigenvalue weighted by Gasteiger charge is -1.98. The van der Waals surface area contributed by atoms with Crippen LogP contribution in [0.3, 0.4) is 0 Å². The Morgan fingerprint density at radius 1 is 1.27 bits per heavy atom. The molecule has 0 aliphatic rings. The molecule has 0 aliphatic carbocycles. The molecule has 0 spiro atoms. The molecule has 4 heteroatoms. The van der Waals surface area contributed by atoms with Crippen molar-refractivity contribution in [1.82, 2.24) is 10.2 Å². The molecule has 2 nitrogen and oxygen atoms in total. The summed E-state index contributed by atoms with van der Waals surface area (Å²) in [5.41, 5.74) is 3.28. The van der Waals surface area contributed by atoms with Crippen LogP contribution in [0.4, 0.5) is 0 Å². The average Bonchev–Trinajstić information content (AvgIpc) is 2.69. The van der Waals surface area contributed by atoms with Crippen LogP contribution >= 0.6 is 34.2 Å². The fourth-order valence-corrected chi connectivity index (χ4v) is 1.89. The van der Waals surface area contributed by atoms with E-state index in [0.29, 0.717) is 5.88 Å². The van der Waals surface area contributed by atoms with Crippen LogP contribution in [-0.4, -0.2) is 10.2 Å². The van der Waals surface area contributed by atoms with Gasteiger partial charge in [0.25, 0.3) is 0 Å². The normalized spacial score (nSPS) is 10.5. The number of benzene rings is 1. The molecule has 0 saturated heterocycles. The Labute approximate surface area is 107 Å². The first-order valence-electron chi connectivity index (χ1n) is 4.61. The highest BCUT2D eigenvalue weighted by Crippen LogP contribution is 2.11. The molecule has 1 aromatic heterocycles. The zero-order chi connectivity index (χ0) is 10.7. The van der Waals surface area contributed by atoms with Gasteiger partial charge in [-0.15, -0.1) is 11.6 Å². The highest BCUT2D eigenvalue weighted by atomic mass is 127. The number of hydrogen-bond donors (Lipinski definition) is 1. The summed E-state index contributed by atoms with van der Waals surface area (Å²) in [6.07, 6.45) is 0.876. The third-order valence-electron chi connectivity index (χ3n) is 2.13. The quantitative estimate of drug-likeness (QED) is 0.678. The number of aromatic amines is 1. The second-order valence-electron chi connectivity index (χ2n) is 3.32. The van der Waals surface area contributed by atoms with Crippen molar-refractivity contribution in [3.8, 4) is 0 Å². The van der Waals surface area contributed by atoms with Crippen molar-refractivity contribution in [2.24, 2.45) is 0 Å². The fourth-order valence-electron chi connectivity index (χ4n) is 1.39. The monoisotopic (exact) mass is 332 g/mol. The molecule has 1 N–H and O–H groups in total. The molecule has 1 heterocycles. The van der Waals surface area contributed by atoms with Crippen LogP contribution in [0.1, 0.15) is 17.0 Å². The third-order valence-corrected chi connectivity index (χ3v) is 3.12. The minimum absolute atomic E-state index is 0.461. The van der Waals surface area contributed by atoms with E-state index in [1.165, 1.54) is 9.13 Å². The summed E-state index contributed by atoms with van der Waals surface area (Å²) in [5, 5.41) is 7.07. The van der Waals surface area contributed by atoms with E-state index in [0.717, 1.165) is 17.8 Å². The Kier molecular flexibility index (Phi) is 3.64. The Morgan fingerprint density at radius 3 is 2.60 bits per heavy atom. The van der Waals surface area contributed by atoms with Gasteiger partial charge in [-0.3, -0.25) is 5.10 Å². The lowest BCUT2D eigenvalue weighted by Crippen LogP contribution is -1.88. The smallest absolute Gasteiger partial charge is 0.0772 e. The largest absolute Gasteiger partial charge is 0.282 e. The molecular weight excluding hydrogens is 322 g/mol. The van der Waals surface area contributed by atoms with Gasteiger partial charge in [-0.25, -0.2) is 0 Å². The molecule has 0 fully saturated rings. The Morgan fingerprint density at radius 2 is 2.00 bits per heavy atom. The van der Waals surface area contributed by atoms with Crippen molar-refractivity contribution >= 4 is 34.2 Å². The molecule has 1 aromatic carbocycles. The molecular formula is C11H10ClIN2. The highest BCUT2D eigenvalue weighted by molar-refractivity contribution is 14.1. The molecule has 0 amide bonds. The highest BCUT2D eigenvalue weighted by Gasteiger charge is 2.01. The first-order chi connectivity index (χ1) is 7.28. The van der Waals surface area contributed by atoms with Gasteiger partial charge in [0.2, 0.25) is 0 Å². The minimum Gasteiger partial charge on any atom is -0.282 e. The van der Waals surface area contributed by atoms with Gasteiger partial charge >= 0.3 is 0 Å². The van der Waals surface area contributed by atoms with Crippen molar-refractivity contribution in [3.05, 3.63) is 50.9 Å². The molecule has 0 unspecified atom stereocenters. The second-order valence-corrected chi connectivity index (χ2v) is 4.83. The van der Waals surface area contributed by atoms with E-state index in [4.69, 9.17) is 11.6 Å². The summed E-state index contributed by atoms with van der Waals surface area (Å²) >= 11 is 7.98. The molecule has 0 saturated carbocycles. The standard InChI is InChI=1S/C11H10ClIN2/c12-7-11-6-10(14-15-11)5-8-1-3-9(13)4-2-8/h1-4,6H,5,7H2,(H,14,15). The number of rotatable bonds is 3. The number of nitrogens with one attached hydrogen (secondary N) is 1. The van der Waals surface area contributed by atoms with Crippen molar-refractivity contribution < 1.29 is 0 Å². The van der Waals surface area contributed by atoms with Gasteiger partial charge in [0.1, 0.15) is 0 Å². The van der Waals surface area contributed by atoms with Gasteiger partial charge in [0, 0.05) is 15.7 Å². The number of aromatic nitrogens is 2. The summed E-state index contributed by atoms with van der Waals surface area (Å²) in [6.45, 7) is 0. The van der Waals surface area contributed by atoms with Gasteiger partial charge in [0.15, 0.2) is 0 Å². The second kappa shape index (κ2) is 4.99. The zero-order valence-corrected chi connectivity index (χ0v) is 10.9. The molecule has 0 radical (unpaired) electrons. The van der Waals surface area contributed by atoms with Crippen LogP contribution in [0.25, 0.3) is 0 Å². The number of halogens is 2. The Bertz CT molecular complexity index is 436. The molecule has 0 aliphatic heterocycles. The minimum atomic E-state index is 0.461. The molecule has 78 valence electrons. The molecule has 0 atom stereocenters. The number of alkyl halides is 1. The van der Waals surface area contributed by atoms with Crippen LogP contribution in [0, 0.1) is 3.57 Å². The molecule has 2 rings (SSSR count). The topological polar surface area (TPSA) is 28.7 Å². The first kappa shape index (κ1) is 11.0. The summed E-state index contributed by atoms with van der Waals surface area (Å²) in [5.74, 6) is 0.461. The first-order valence-corrected chi connectivity index (χ1v) is 6.23. The number of H-pyrrole nitrogens is 1. The maximum atomic E-state index is 5.68. The third kappa shape index (κ3) is 2.95. The van der Waals surface area contributed by atoms with Crippen molar-refractivity contribution in [3.63, 3.8) is 0 Å². The Balaban J connectivity index is 2.11. The van der Waals surface area contributed by atoms with Gasteiger partial charge in [-0.1, -0.05) is 12.1 Å². The van der Waals surface area contributed by atoms with Crippen LogP contribution < -0.4 is 0 Å². The van der Waals surface area contributed by atoms with E-state index < -0.39 is 0 Å². The van der Waals surface area contributed by atoms with Crippen molar-refractivity contribution in [2.45, 2.75) is 12.3 Å². The van der Waals surface area contributed by atoms with Crippen molar-refractivity contribution in [2.75, 3.05) is 0 Å². The van der Waals surface area contributed by atoms with E-state index >= 15 is 0 Å². The van der Waals surface area contributed by atoms with Crippen LogP contribution in [0.15, 0.2) is 30.3 Å². The maximum absolute atomic E-state index is 5.68. The van der Waals surface area contributed by atoms with E-state index in [1.54, 1.807) is 0 Å². The lowest BCUT2D eigenvalue weighted by atomic mass is 10.1. The van der Waals surface area contributed by atoms with Crippen LogP contribution in [0.5, 0.6) is 0 Å². The van der Waals surface area contributed by atoms with E-state index in [2.05, 4.69) is 57.1 Å². The Hall–Kier alpha value is -0.550. The number of hydrogen-bond acceptors (Lipinski definition) is 1. The van der Waals surface area contributed by atoms with Crippen LogP contribution in [-0.2, 0) is 12.3 Å². The summed E-state index contributed by atoms with van der Waals surface area (Å²) in [7, 11) is 0. The predicted octanol–water partition coefficient (Wildman–Crippen LogP) is 3.34. The van der Waals surface area contributed by atoms with E-state index in [1.807, 2.05) is 6.07 Å². The number of nitrogens with zero attached hydrogens (tertiary/aromatic N) is 1. The van der Waals surface area contributed by atoms with Gasteiger partial charge in [-0.05, 0) is 46.4 Å². The van der Waals surface area contributed by atoms with Gasteiger partial charge in [-0.2, -0.15) is 5.10 Å². The summed E-state index contributed by atoms with van der Waals surface area (Å²) < 4.78 is 1.25. The lowest BCUT2D eigenvalue weighted by molar-refractivity contribution is 0.975. The molecule has 2 aromatic rings. The SMILES string of the molecule is ClCc1cc(Cc2ccc(I)cc2)[nH]n1. The fraction of sp³-hybridized carbons (Fsp3) is 0.182. The van der Waals surface area contributed by atoms with Gasteiger partial charge < -0.3 is 0 Å². The molecule has 0 bridgehead atoms. The van der Waals surface area contributed by atoms with Crippen molar-refractivity contribution in [1.29, 1.82) is 0 Å². The maximum Gasteiger partial charge on any atom is 0.0772 e. The summed E-state index contributed by atoms with van der Waals surface area (Å²) in [6, 6.07) is 10.5. The van der Waals surface area contributed by atoms with Crippen LogP contribution in [0.2, 0.25) is 0 Å². The van der Waals surface area contributed by atoms with Gasteiger partial charge in [0.05, 0.1) is 11.6 Å². The average molecular weight is 333 g/mol. The van der Waals surface area contributed by atoms with E-state index in [9.17, 15) is 0 Å². The predicted molar refractivity (Wildman–Crippen MR) is 70.1 cm³/mol. The summed E-state index contributed by atoms with van der Waals surface area (Å²) in [4.78, 5) is 0. The van der Waals surface area contributed by atoms with E-state index in [-0.39, 0.29) is 0 Å². The molecule has 15 heavy (non-hydrogen) atoms.